The predicted molar refractivity (Wildman–Crippen MR) is 76.1 cm³/mol. The molecule has 0 saturated heterocycles. The molecule has 0 aliphatic heterocycles. The average Bonchev–Trinajstić information content (AvgIpc) is 2.45. The van der Waals surface area contributed by atoms with Crippen molar-refractivity contribution in [1.82, 2.24) is 4.90 Å². The molecule has 1 saturated carbocycles. The van der Waals surface area contributed by atoms with Gasteiger partial charge in [-0.15, -0.1) is 0 Å². The van der Waals surface area contributed by atoms with Crippen LogP contribution in [0.25, 0.3) is 0 Å². The fraction of sp³-hybridized carbons (Fsp3) is 0.562. The van der Waals surface area contributed by atoms with Crippen LogP contribution in [0.15, 0.2) is 18.2 Å². The van der Waals surface area contributed by atoms with Gasteiger partial charge < -0.3 is 10.0 Å². The van der Waals surface area contributed by atoms with E-state index in [2.05, 4.69) is 0 Å². The first-order valence-electron chi connectivity index (χ1n) is 7.31. The van der Waals surface area contributed by atoms with E-state index in [0.29, 0.717) is 0 Å². The van der Waals surface area contributed by atoms with E-state index in [4.69, 9.17) is 0 Å². The van der Waals surface area contributed by atoms with Gasteiger partial charge in [0.1, 0.15) is 5.82 Å². The lowest BCUT2D eigenvalue weighted by atomic mass is 9.93. The fourth-order valence-electron chi connectivity index (χ4n) is 2.90. The molecule has 3 nitrogen and oxygen atoms in total. The van der Waals surface area contributed by atoms with Gasteiger partial charge in [0.05, 0.1) is 12.2 Å². The van der Waals surface area contributed by atoms with Gasteiger partial charge in [0, 0.05) is 12.6 Å². The van der Waals surface area contributed by atoms with Crippen LogP contribution in [0.3, 0.4) is 0 Å². The topological polar surface area (TPSA) is 40.5 Å². The number of hydrogen-bond donors (Lipinski definition) is 1. The summed E-state index contributed by atoms with van der Waals surface area (Å²) in [4.78, 5) is 14.2. The highest BCUT2D eigenvalue weighted by Gasteiger charge is 2.27. The second kappa shape index (κ2) is 6.84. The zero-order chi connectivity index (χ0) is 14.5. The summed E-state index contributed by atoms with van der Waals surface area (Å²) < 4.78 is 14.0. The Bertz CT molecular complexity index is 470. The molecule has 1 aromatic carbocycles. The van der Waals surface area contributed by atoms with Crippen LogP contribution in [0, 0.1) is 12.7 Å². The number of carbonyl (C=O) groups is 1. The summed E-state index contributed by atoms with van der Waals surface area (Å²) in [7, 11) is 0. The van der Waals surface area contributed by atoms with Crippen LogP contribution in [-0.2, 0) is 0 Å². The molecule has 1 amide bonds. The van der Waals surface area contributed by atoms with E-state index in [0.717, 1.165) is 31.2 Å². The van der Waals surface area contributed by atoms with E-state index in [1.54, 1.807) is 24.0 Å². The Kier molecular flexibility index (Phi) is 5.12. The minimum Gasteiger partial charge on any atom is -0.395 e. The average molecular weight is 279 g/mol. The maximum absolute atomic E-state index is 14.0. The maximum Gasteiger partial charge on any atom is 0.257 e. The first-order valence-corrected chi connectivity index (χ1v) is 7.31. The second-order valence-corrected chi connectivity index (χ2v) is 5.50. The molecule has 0 heterocycles. The van der Waals surface area contributed by atoms with Gasteiger partial charge in [-0.25, -0.2) is 4.39 Å². The van der Waals surface area contributed by atoms with E-state index in [-0.39, 0.29) is 30.7 Å². The number of halogens is 1. The summed E-state index contributed by atoms with van der Waals surface area (Å²) in [5, 5.41) is 9.19. The number of nitrogens with zero attached hydrogens (tertiary/aromatic N) is 1. The smallest absolute Gasteiger partial charge is 0.257 e. The molecule has 0 unspecified atom stereocenters. The molecule has 4 heteroatoms. The number of rotatable bonds is 4. The summed E-state index contributed by atoms with van der Waals surface area (Å²) in [6.45, 7) is 1.98. The molecule has 1 aromatic rings. The zero-order valence-corrected chi connectivity index (χ0v) is 11.9. The van der Waals surface area contributed by atoms with Gasteiger partial charge in [-0.2, -0.15) is 0 Å². The van der Waals surface area contributed by atoms with Crippen molar-refractivity contribution in [3.8, 4) is 0 Å². The first-order chi connectivity index (χ1) is 9.63. The Morgan fingerprint density at radius 1 is 1.35 bits per heavy atom. The van der Waals surface area contributed by atoms with Crippen molar-refractivity contribution in [2.24, 2.45) is 0 Å². The lowest BCUT2D eigenvalue weighted by molar-refractivity contribution is 0.0580. The number of benzene rings is 1. The van der Waals surface area contributed by atoms with Crippen molar-refractivity contribution in [3.63, 3.8) is 0 Å². The first kappa shape index (κ1) is 15.0. The molecule has 20 heavy (non-hydrogen) atoms. The molecule has 110 valence electrons. The van der Waals surface area contributed by atoms with E-state index < -0.39 is 5.82 Å². The number of hydrogen-bond acceptors (Lipinski definition) is 2. The molecule has 1 N–H and O–H groups in total. The van der Waals surface area contributed by atoms with Crippen molar-refractivity contribution in [2.75, 3.05) is 13.2 Å². The third kappa shape index (κ3) is 3.37. The van der Waals surface area contributed by atoms with E-state index in [1.807, 2.05) is 0 Å². The van der Waals surface area contributed by atoms with Crippen molar-refractivity contribution < 1.29 is 14.3 Å². The molecule has 0 aromatic heterocycles. The number of aliphatic hydroxyl groups is 1. The Balaban J connectivity index is 2.21. The standard InChI is InChI=1S/C16H22FNO2/c1-12-7-8-14(15(17)11-12)16(20)18(9-10-19)13-5-3-2-4-6-13/h7-8,11,13,19H,2-6,9-10H2,1H3. The molecule has 1 fully saturated rings. The van der Waals surface area contributed by atoms with Gasteiger partial charge in [0.25, 0.3) is 5.91 Å². The van der Waals surface area contributed by atoms with Gasteiger partial charge in [0.2, 0.25) is 0 Å². The Hall–Kier alpha value is -1.42. The van der Waals surface area contributed by atoms with Gasteiger partial charge in [-0.1, -0.05) is 25.3 Å². The highest BCUT2D eigenvalue weighted by Crippen LogP contribution is 2.24. The highest BCUT2D eigenvalue weighted by atomic mass is 19.1. The number of amides is 1. The van der Waals surface area contributed by atoms with Crippen LogP contribution in [0.1, 0.15) is 48.0 Å². The van der Waals surface area contributed by atoms with Crippen LogP contribution in [0.2, 0.25) is 0 Å². The van der Waals surface area contributed by atoms with E-state index in [1.165, 1.54) is 12.5 Å². The Morgan fingerprint density at radius 3 is 2.65 bits per heavy atom. The lowest BCUT2D eigenvalue weighted by Gasteiger charge is -2.34. The Morgan fingerprint density at radius 2 is 2.05 bits per heavy atom. The Labute approximate surface area is 119 Å². The van der Waals surface area contributed by atoms with Crippen LogP contribution in [-0.4, -0.2) is 35.1 Å². The molecule has 0 spiro atoms. The highest BCUT2D eigenvalue weighted by molar-refractivity contribution is 5.94. The van der Waals surface area contributed by atoms with E-state index >= 15 is 0 Å². The van der Waals surface area contributed by atoms with Crippen molar-refractivity contribution in [3.05, 3.63) is 35.1 Å². The number of carbonyl (C=O) groups excluding carboxylic acids is 1. The maximum atomic E-state index is 14.0. The quantitative estimate of drug-likeness (QED) is 0.920. The van der Waals surface area contributed by atoms with Crippen molar-refractivity contribution in [2.45, 2.75) is 45.1 Å². The van der Waals surface area contributed by atoms with Crippen molar-refractivity contribution in [1.29, 1.82) is 0 Å². The minimum absolute atomic E-state index is 0.0876. The van der Waals surface area contributed by atoms with Gasteiger partial charge >= 0.3 is 0 Å². The third-order valence-corrected chi connectivity index (χ3v) is 3.97. The lowest BCUT2D eigenvalue weighted by Crippen LogP contribution is -2.43. The number of aryl methyl sites for hydroxylation is 1. The summed E-state index contributed by atoms with van der Waals surface area (Å²) in [6.07, 6.45) is 5.27. The molecule has 1 aliphatic carbocycles. The second-order valence-electron chi connectivity index (χ2n) is 5.50. The third-order valence-electron chi connectivity index (χ3n) is 3.97. The van der Waals surface area contributed by atoms with Crippen LogP contribution >= 0.6 is 0 Å². The minimum atomic E-state index is -0.478. The molecule has 1 aliphatic rings. The summed E-state index contributed by atoms with van der Waals surface area (Å²) in [6, 6.07) is 4.80. The molecule has 2 rings (SSSR count). The van der Waals surface area contributed by atoms with Crippen LogP contribution in [0.5, 0.6) is 0 Å². The monoisotopic (exact) mass is 279 g/mol. The van der Waals surface area contributed by atoms with Crippen molar-refractivity contribution >= 4 is 5.91 Å². The van der Waals surface area contributed by atoms with E-state index in [9.17, 15) is 14.3 Å². The summed E-state index contributed by atoms with van der Waals surface area (Å²) in [5.74, 6) is -0.780. The molecular weight excluding hydrogens is 257 g/mol. The SMILES string of the molecule is Cc1ccc(C(=O)N(CCO)C2CCCCC2)c(F)c1. The molecule has 0 bridgehead atoms. The largest absolute Gasteiger partial charge is 0.395 e. The molecule has 0 atom stereocenters. The normalized spacial score (nSPS) is 16.1. The number of aliphatic hydroxyl groups excluding tert-OH is 1. The van der Waals surface area contributed by atoms with Crippen LogP contribution < -0.4 is 0 Å². The van der Waals surface area contributed by atoms with Gasteiger partial charge in [-0.05, 0) is 37.5 Å². The summed E-state index contributed by atoms with van der Waals surface area (Å²) >= 11 is 0. The zero-order valence-electron chi connectivity index (χ0n) is 11.9. The van der Waals surface area contributed by atoms with Gasteiger partial charge in [0.15, 0.2) is 0 Å². The molecule has 0 radical (unpaired) electrons. The predicted octanol–water partition coefficient (Wildman–Crippen LogP) is 2.90. The molecular formula is C16H22FNO2. The fourth-order valence-corrected chi connectivity index (χ4v) is 2.90. The van der Waals surface area contributed by atoms with Gasteiger partial charge in [-0.3, -0.25) is 4.79 Å². The van der Waals surface area contributed by atoms with Crippen LogP contribution in [0.4, 0.5) is 4.39 Å². The summed E-state index contributed by atoms with van der Waals surface area (Å²) in [5.41, 5.74) is 0.903.